The zero-order valence-electron chi connectivity index (χ0n) is 25.4. The van der Waals surface area contributed by atoms with E-state index >= 15 is 0 Å². The summed E-state index contributed by atoms with van der Waals surface area (Å²) in [6, 6.07) is 21.7. The molecule has 4 aromatic rings. The normalized spacial score (nSPS) is 18.6. The van der Waals surface area contributed by atoms with Gasteiger partial charge in [-0.2, -0.15) is 0 Å². The molecule has 0 saturated heterocycles. The molecule has 6 rings (SSSR count). The molecule has 1 heterocycles. The van der Waals surface area contributed by atoms with Gasteiger partial charge in [-0.1, -0.05) is 123 Å². The Labute approximate surface area is 264 Å². The molecule has 4 aromatic carbocycles. The molecule has 0 amide bonds. The average Bonchev–Trinajstić information content (AvgIpc) is 3.07. The monoisotopic (exact) mass is 680 g/mol. The van der Waals surface area contributed by atoms with E-state index in [9.17, 15) is 0 Å². The van der Waals surface area contributed by atoms with Crippen LogP contribution in [0.25, 0.3) is 32.7 Å². The SMILES string of the molecule is CC.CCC.CCCC1CCC(C2COc3ccc4cc(Br)ccc4c3-c3c(ccc4cc(Br)ccc34)OC2)CC1. The van der Waals surface area contributed by atoms with Gasteiger partial charge in [0.25, 0.3) is 0 Å². The molecule has 0 spiro atoms. The summed E-state index contributed by atoms with van der Waals surface area (Å²) in [7, 11) is 0. The molecule has 0 unspecified atom stereocenters. The highest BCUT2D eigenvalue weighted by Gasteiger charge is 2.30. The fourth-order valence-electron chi connectivity index (χ4n) is 6.39. The van der Waals surface area contributed by atoms with Crippen LogP contribution in [0.2, 0.25) is 0 Å². The van der Waals surface area contributed by atoms with Crippen LogP contribution in [0.4, 0.5) is 0 Å². The maximum atomic E-state index is 6.72. The minimum Gasteiger partial charge on any atom is -0.492 e. The molecule has 2 nitrogen and oxygen atoms in total. The number of hydrogen-bond acceptors (Lipinski definition) is 2. The van der Waals surface area contributed by atoms with Crippen LogP contribution in [0.1, 0.15) is 79.6 Å². The molecule has 2 aliphatic rings. The Balaban J connectivity index is 0.000000728. The van der Waals surface area contributed by atoms with E-state index in [1.54, 1.807) is 0 Å². The van der Waals surface area contributed by atoms with Crippen molar-refractivity contribution in [1.82, 2.24) is 0 Å². The zero-order valence-corrected chi connectivity index (χ0v) is 28.6. The molecular formula is C37H46Br2O2. The van der Waals surface area contributed by atoms with Crippen LogP contribution in [-0.4, -0.2) is 13.2 Å². The number of hydrogen-bond donors (Lipinski definition) is 0. The van der Waals surface area contributed by atoms with E-state index in [1.165, 1.54) is 66.5 Å². The molecule has 1 saturated carbocycles. The Kier molecular flexibility index (Phi) is 12.0. The van der Waals surface area contributed by atoms with Crippen LogP contribution in [0.5, 0.6) is 11.5 Å². The Morgan fingerprint density at radius 1 is 0.634 bits per heavy atom. The largest absolute Gasteiger partial charge is 0.492 e. The molecule has 0 radical (unpaired) electrons. The second-order valence-electron chi connectivity index (χ2n) is 11.3. The molecular weight excluding hydrogens is 636 g/mol. The van der Waals surface area contributed by atoms with E-state index < -0.39 is 0 Å². The van der Waals surface area contributed by atoms with Gasteiger partial charge in [-0.15, -0.1) is 0 Å². The van der Waals surface area contributed by atoms with Gasteiger partial charge in [0.1, 0.15) is 11.5 Å². The fraction of sp³-hybridized carbons (Fsp3) is 0.459. The summed E-state index contributed by atoms with van der Waals surface area (Å²) in [5, 5.41) is 4.76. The van der Waals surface area contributed by atoms with Crippen LogP contribution in [0.15, 0.2) is 69.6 Å². The molecule has 0 aromatic heterocycles. The summed E-state index contributed by atoms with van der Waals surface area (Å²) < 4.78 is 15.6. The Morgan fingerprint density at radius 2 is 1.10 bits per heavy atom. The van der Waals surface area contributed by atoms with Gasteiger partial charge in [0.2, 0.25) is 0 Å². The number of benzene rings is 4. The third kappa shape index (κ3) is 7.49. The highest BCUT2D eigenvalue weighted by atomic mass is 79.9. The van der Waals surface area contributed by atoms with E-state index in [-0.39, 0.29) is 0 Å². The van der Waals surface area contributed by atoms with Crippen molar-refractivity contribution in [1.29, 1.82) is 0 Å². The Hall–Kier alpha value is -2.04. The fourth-order valence-corrected chi connectivity index (χ4v) is 7.15. The smallest absolute Gasteiger partial charge is 0.127 e. The van der Waals surface area contributed by atoms with Crippen molar-refractivity contribution < 1.29 is 9.47 Å². The highest BCUT2D eigenvalue weighted by molar-refractivity contribution is 9.10. The minimum absolute atomic E-state index is 0.396. The third-order valence-corrected chi connectivity index (χ3v) is 9.28. The zero-order chi connectivity index (χ0) is 29.4. The van der Waals surface area contributed by atoms with Crippen molar-refractivity contribution in [3.63, 3.8) is 0 Å². The number of rotatable bonds is 3. The molecule has 1 aliphatic carbocycles. The summed E-state index contributed by atoms with van der Waals surface area (Å²) in [5.74, 6) is 3.87. The minimum atomic E-state index is 0.396. The molecule has 1 aliphatic heterocycles. The van der Waals surface area contributed by atoms with Crippen molar-refractivity contribution in [3.8, 4) is 22.6 Å². The van der Waals surface area contributed by atoms with Crippen LogP contribution in [0, 0.1) is 17.8 Å². The van der Waals surface area contributed by atoms with Crippen molar-refractivity contribution in [2.45, 2.75) is 79.6 Å². The first-order valence-corrected chi connectivity index (χ1v) is 17.3. The van der Waals surface area contributed by atoms with Gasteiger partial charge in [-0.25, -0.2) is 0 Å². The van der Waals surface area contributed by atoms with Gasteiger partial charge in [-0.05, 0) is 82.6 Å². The van der Waals surface area contributed by atoms with Gasteiger partial charge in [-0.3, -0.25) is 0 Å². The summed E-state index contributed by atoms with van der Waals surface area (Å²) in [4.78, 5) is 0. The molecule has 0 atom stereocenters. The van der Waals surface area contributed by atoms with E-state index in [0.29, 0.717) is 25.0 Å². The van der Waals surface area contributed by atoms with Gasteiger partial charge >= 0.3 is 0 Å². The molecule has 4 heteroatoms. The van der Waals surface area contributed by atoms with Crippen LogP contribution < -0.4 is 9.47 Å². The van der Waals surface area contributed by atoms with Gasteiger partial charge < -0.3 is 9.47 Å². The molecule has 41 heavy (non-hydrogen) atoms. The van der Waals surface area contributed by atoms with Crippen LogP contribution >= 0.6 is 31.9 Å². The first kappa shape index (κ1) is 31.9. The molecule has 1 fully saturated rings. The topological polar surface area (TPSA) is 18.5 Å². The maximum Gasteiger partial charge on any atom is 0.127 e. The maximum absolute atomic E-state index is 6.72. The predicted molar refractivity (Wildman–Crippen MR) is 184 cm³/mol. The lowest BCUT2D eigenvalue weighted by atomic mass is 9.75. The standard InChI is InChI=1S/C32H32Br2O2.C3H8.C2H6/c1-2-3-20-4-6-21(7-5-20)24-18-35-29-14-8-22-16-25(33)10-12-27(22)31(29)32-28-13-11-26(34)17-23(28)9-15-30(32)36-19-24;1-3-2;1-2/h8-17,20-21,24H,2-7,18-19H2,1H3;3H2,1-2H3;1-2H3. The number of ether oxygens (including phenoxy) is 2. The molecule has 0 bridgehead atoms. The Morgan fingerprint density at radius 3 is 1.54 bits per heavy atom. The van der Waals surface area contributed by atoms with E-state index in [2.05, 4.69) is 113 Å². The van der Waals surface area contributed by atoms with Gasteiger partial charge in [0, 0.05) is 26.0 Å². The molecule has 0 N–H and O–H groups in total. The lowest BCUT2D eigenvalue weighted by Gasteiger charge is -2.33. The Bertz CT molecular complexity index is 1330. The van der Waals surface area contributed by atoms with Gasteiger partial charge in [0.15, 0.2) is 0 Å². The summed E-state index contributed by atoms with van der Waals surface area (Å²) in [6.07, 6.45) is 9.20. The summed E-state index contributed by atoms with van der Waals surface area (Å²) in [5.41, 5.74) is 2.27. The first-order valence-electron chi connectivity index (χ1n) is 15.7. The van der Waals surface area contributed by atoms with Crippen LogP contribution in [-0.2, 0) is 0 Å². The quantitative estimate of drug-likeness (QED) is 0.214. The first-order chi connectivity index (χ1) is 20.0. The van der Waals surface area contributed by atoms with E-state index in [0.717, 1.165) is 37.5 Å². The third-order valence-electron chi connectivity index (χ3n) is 8.30. The van der Waals surface area contributed by atoms with E-state index in [4.69, 9.17) is 9.47 Å². The number of fused-ring (bicyclic) bond motifs is 7. The molecule has 220 valence electrons. The van der Waals surface area contributed by atoms with Crippen molar-refractivity contribution >= 4 is 53.4 Å². The average molecular weight is 683 g/mol. The lowest BCUT2D eigenvalue weighted by Crippen LogP contribution is -2.30. The second kappa shape index (κ2) is 15.4. The van der Waals surface area contributed by atoms with Crippen molar-refractivity contribution in [2.24, 2.45) is 17.8 Å². The van der Waals surface area contributed by atoms with Crippen molar-refractivity contribution in [3.05, 3.63) is 69.6 Å². The van der Waals surface area contributed by atoms with Gasteiger partial charge in [0.05, 0.1) is 13.2 Å². The summed E-state index contributed by atoms with van der Waals surface area (Å²) >= 11 is 7.31. The predicted octanol–water partition coefficient (Wildman–Crippen LogP) is 12.6. The highest BCUT2D eigenvalue weighted by Crippen LogP contribution is 2.47. The van der Waals surface area contributed by atoms with E-state index in [1.807, 2.05) is 13.8 Å². The second-order valence-corrected chi connectivity index (χ2v) is 13.1. The van der Waals surface area contributed by atoms with Crippen LogP contribution in [0.3, 0.4) is 0 Å². The lowest BCUT2D eigenvalue weighted by molar-refractivity contribution is 0.0983. The van der Waals surface area contributed by atoms with Crippen molar-refractivity contribution in [2.75, 3.05) is 13.2 Å². The summed E-state index contributed by atoms with van der Waals surface area (Å²) in [6.45, 7) is 12.0. The number of halogens is 2.